The normalized spacial score (nSPS) is 10.9. The van der Waals surface area contributed by atoms with E-state index in [1.54, 1.807) is 0 Å². The Bertz CT molecular complexity index is 220. The Morgan fingerprint density at radius 3 is 2.33 bits per heavy atom. The Labute approximate surface area is 90.1 Å². The molecule has 0 aliphatic carbocycles. The maximum Gasteiger partial charge on any atom is 0.307 e. The van der Waals surface area contributed by atoms with Crippen molar-refractivity contribution in [3.05, 3.63) is 0 Å². The van der Waals surface area contributed by atoms with E-state index in [0.29, 0.717) is 0 Å². The minimum Gasteiger partial charge on any atom is -0.469 e. The van der Waals surface area contributed by atoms with E-state index in [2.05, 4.69) is 10.1 Å². The molecule has 5 heteroatoms. The molecule has 0 radical (unpaired) electrons. The second-order valence-electron chi connectivity index (χ2n) is 4.08. The second-order valence-corrected chi connectivity index (χ2v) is 4.08. The van der Waals surface area contributed by atoms with Crippen LogP contribution in [-0.2, 0) is 19.1 Å². The van der Waals surface area contributed by atoms with E-state index < -0.39 is 0 Å². The first-order valence-electron chi connectivity index (χ1n) is 4.82. The standard InChI is InChI=1S/C10H19NO4/c1-10(2,3)15-7-8(12)11-6-5-9(13)14-4/h5-7H2,1-4H3,(H,11,12). The lowest BCUT2D eigenvalue weighted by atomic mass is 10.2. The molecular formula is C10H19NO4. The van der Waals surface area contributed by atoms with Gasteiger partial charge in [0.2, 0.25) is 5.91 Å². The van der Waals surface area contributed by atoms with Gasteiger partial charge >= 0.3 is 5.97 Å². The van der Waals surface area contributed by atoms with Crippen LogP contribution < -0.4 is 5.32 Å². The molecule has 5 nitrogen and oxygen atoms in total. The Morgan fingerprint density at radius 1 is 1.27 bits per heavy atom. The van der Waals surface area contributed by atoms with Gasteiger partial charge in [0, 0.05) is 6.54 Å². The van der Waals surface area contributed by atoms with Gasteiger partial charge in [-0.25, -0.2) is 0 Å². The maximum atomic E-state index is 11.2. The molecule has 0 saturated carbocycles. The van der Waals surface area contributed by atoms with Gasteiger partial charge in [0.1, 0.15) is 6.61 Å². The summed E-state index contributed by atoms with van der Waals surface area (Å²) in [7, 11) is 1.31. The monoisotopic (exact) mass is 217 g/mol. The molecule has 88 valence electrons. The van der Waals surface area contributed by atoms with Crippen LogP contribution >= 0.6 is 0 Å². The third-order valence-corrected chi connectivity index (χ3v) is 1.52. The molecule has 0 aliphatic heterocycles. The lowest BCUT2D eigenvalue weighted by Crippen LogP contribution is -2.33. The molecule has 1 N–H and O–H groups in total. The van der Waals surface area contributed by atoms with Crippen molar-refractivity contribution in [2.45, 2.75) is 32.8 Å². The molecule has 0 saturated heterocycles. The average molecular weight is 217 g/mol. The highest BCUT2D eigenvalue weighted by Gasteiger charge is 2.12. The van der Waals surface area contributed by atoms with Crippen molar-refractivity contribution in [2.75, 3.05) is 20.3 Å². The second kappa shape index (κ2) is 6.40. The molecule has 0 aromatic rings. The lowest BCUT2D eigenvalue weighted by Gasteiger charge is -2.18. The molecule has 0 fully saturated rings. The third-order valence-electron chi connectivity index (χ3n) is 1.52. The molecule has 0 aliphatic rings. The van der Waals surface area contributed by atoms with Gasteiger partial charge in [-0.3, -0.25) is 9.59 Å². The number of carbonyl (C=O) groups excluding carboxylic acids is 2. The van der Waals surface area contributed by atoms with Crippen LogP contribution in [0.4, 0.5) is 0 Å². The van der Waals surface area contributed by atoms with E-state index in [-0.39, 0.29) is 37.0 Å². The SMILES string of the molecule is COC(=O)CCNC(=O)COC(C)(C)C. The number of amides is 1. The molecule has 0 spiro atoms. The average Bonchev–Trinajstić information content (AvgIpc) is 2.13. The van der Waals surface area contributed by atoms with Gasteiger partial charge in [-0.15, -0.1) is 0 Å². The Kier molecular flexibility index (Phi) is 5.93. The summed E-state index contributed by atoms with van der Waals surface area (Å²) in [5, 5.41) is 2.56. The first-order chi connectivity index (χ1) is 6.85. The van der Waals surface area contributed by atoms with Crippen LogP contribution in [0.5, 0.6) is 0 Å². The maximum absolute atomic E-state index is 11.2. The summed E-state index contributed by atoms with van der Waals surface area (Å²) in [5.74, 6) is -0.569. The fourth-order valence-corrected chi connectivity index (χ4v) is 0.739. The smallest absolute Gasteiger partial charge is 0.307 e. The molecule has 15 heavy (non-hydrogen) atoms. The fraction of sp³-hybridized carbons (Fsp3) is 0.800. The van der Waals surface area contributed by atoms with E-state index >= 15 is 0 Å². The fourth-order valence-electron chi connectivity index (χ4n) is 0.739. The van der Waals surface area contributed by atoms with Crippen LogP contribution in [-0.4, -0.2) is 37.7 Å². The zero-order chi connectivity index (χ0) is 11.9. The third kappa shape index (κ3) is 9.21. The number of carbonyl (C=O) groups is 2. The van der Waals surface area contributed by atoms with Crippen molar-refractivity contribution in [1.29, 1.82) is 0 Å². The predicted molar refractivity (Wildman–Crippen MR) is 55.3 cm³/mol. The summed E-state index contributed by atoms with van der Waals surface area (Å²) in [6.07, 6.45) is 0.178. The van der Waals surface area contributed by atoms with Crippen molar-refractivity contribution < 1.29 is 19.1 Å². The highest BCUT2D eigenvalue weighted by Crippen LogP contribution is 2.05. The van der Waals surface area contributed by atoms with Crippen molar-refractivity contribution in [2.24, 2.45) is 0 Å². The van der Waals surface area contributed by atoms with Crippen LogP contribution in [0.3, 0.4) is 0 Å². The zero-order valence-electron chi connectivity index (χ0n) is 9.75. The van der Waals surface area contributed by atoms with E-state index in [0.717, 1.165) is 0 Å². The van der Waals surface area contributed by atoms with E-state index in [1.807, 2.05) is 20.8 Å². The number of methoxy groups -OCH3 is 1. The van der Waals surface area contributed by atoms with Gasteiger partial charge in [0.25, 0.3) is 0 Å². The molecular weight excluding hydrogens is 198 g/mol. The predicted octanol–water partition coefficient (Wildman–Crippen LogP) is 0.481. The van der Waals surface area contributed by atoms with Gasteiger partial charge < -0.3 is 14.8 Å². The number of ether oxygens (including phenoxy) is 2. The summed E-state index contributed by atoms with van der Waals surface area (Å²) in [6, 6.07) is 0. The summed E-state index contributed by atoms with van der Waals surface area (Å²) < 4.78 is 9.67. The molecule has 0 aromatic heterocycles. The highest BCUT2D eigenvalue weighted by molar-refractivity contribution is 5.78. The molecule has 0 unspecified atom stereocenters. The Balaban J connectivity index is 3.54. The van der Waals surface area contributed by atoms with Gasteiger partial charge in [-0.2, -0.15) is 0 Å². The number of hydrogen-bond acceptors (Lipinski definition) is 4. The summed E-state index contributed by atoms with van der Waals surface area (Å²) in [4.78, 5) is 21.9. The van der Waals surface area contributed by atoms with Crippen LogP contribution in [0.15, 0.2) is 0 Å². The largest absolute Gasteiger partial charge is 0.469 e. The van der Waals surface area contributed by atoms with E-state index in [9.17, 15) is 9.59 Å². The van der Waals surface area contributed by atoms with E-state index in [4.69, 9.17) is 4.74 Å². The molecule has 0 aromatic carbocycles. The minimum absolute atomic E-state index is 0.00464. The Hall–Kier alpha value is -1.10. The molecule has 1 amide bonds. The van der Waals surface area contributed by atoms with Gasteiger partial charge in [-0.1, -0.05) is 0 Å². The first kappa shape index (κ1) is 13.9. The van der Waals surface area contributed by atoms with Crippen molar-refractivity contribution >= 4 is 11.9 Å². The lowest BCUT2D eigenvalue weighted by molar-refractivity contribution is -0.140. The molecule has 0 bridgehead atoms. The van der Waals surface area contributed by atoms with Gasteiger partial charge in [0.15, 0.2) is 0 Å². The van der Waals surface area contributed by atoms with Crippen LogP contribution in [0, 0.1) is 0 Å². The van der Waals surface area contributed by atoms with Crippen molar-refractivity contribution in [3.63, 3.8) is 0 Å². The summed E-state index contributed by atoms with van der Waals surface area (Å²) in [6.45, 7) is 5.89. The molecule has 0 atom stereocenters. The van der Waals surface area contributed by atoms with Crippen LogP contribution in [0.2, 0.25) is 0 Å². The number of hydrogen-bond donors (Lipinski definition) is 1. The van der Waals surface area contributed by atoms with Crippen LogP contribution in [0.25, 0.3) is 0 Å². The number of rotatable bonds is 5. The summed E-state index contributed by atoms with van der Waals surface area (Å²) in [5.41, 5.74) is -0.334. The van der Waals surface area contributed by atoms with Crippen LogP contribution in [0.1, 0.15) is 27.2 Å². The molecule has 0 rings (SSSR count). The van der Waals surface area contributed by atoms with E-state index in [1.165, 1.54) is 7.11 Å². The zero-order valence-corrected chi connectivity index (χ0v) is 9.75. The summed E-state index contributed by atoms with van der Waals surface area (Å²) >= 11 is 0. The van der Waals surface area contributed by atoms with Gasteiger partial charge in [0.05, 0.1) is 19.1 Å². The Morgan fingerprint density at radius 2 is 1.87 bits per heavy atom. The topological polar surface area (TPSA) is 64.6 Å². The van der Waals surface area contributed by atoms with Gasteiger partial charge in [-0.05, 0) is 20.8 Å². The first-order valence-corrected chi connectivity index (χ1v) is 4.82. The number of nitrogens with one attached hydrogen (secondary N) is 1. The quantitative estimate of drug-likeness (QED) is 0.680. The molecule has 0 heterocycles. The van der Waals surface area contributed by atoms with Crippen molar-refractivity contribution in [1.82, 2.24) is 5.32 Å². The highest BCUT2D eigenvalue weighted by atomic mass is 16.5. The number of esters is 1. The van der Waals surface area contributed by atoms with Crippen molar-refractivity contribution in [3.8, 4) is 0 Å². The minimum atomic E-state index is -0.341.